The average molecular weight is 245 g/mol. The molecule has 4 nitrogen and oxygen atoms in total. The number of H-pyrrole nitrogens is 2. The summed E-state index contributed by atoms with van der Waals surface area (Å²) < 4.78 is 0. The fourth-order valence-corrected chi connectivity index (χ4v) is 2.64. The predicted molar refractivity (Wildman–Crippen MR) is 72.7 cm³/mol. The van der Waals surface area contributed by atoms with Gasteiger partial charge in [-0.15, -0.1) is 0 Å². The fraction of sp³-hybridized carbons (Fsp3) is 0.500. The Bertz CT molecular complexity index is 613. The third-order valence-electron chi connectivity index (χ3n) is 3.95. The molecule has 0 aliphatic heterocycles. The van der Waals surface area contributed by atoms with Crippen LogP contribution >= 0.6 is 0 Å². The molecule has 0 amide bonds. The molecule has 0 saturated heterocycles. The molecule has 1 fully saturated rings. The minimum atomic E-state index is -0.143. The van der Waals surface area contributed by atoms with E-state index in [2.05, 4.69) is 35.2 Å². The van der Waals surface area contributed by atoms with Crippen LogP contribution in [0.5, 0.6) is 0 Å². The standard InChI is InChI=1S/C14H19N3O/c1-3-9-6-12(9)15-8(2)10-4-5-11-13(7-10)17-14(18)16-11/h4-5,7-9,12,15H,3,6H2,1-2H3,(H2,16,17,18). The summed E-state index contributed by atoms with van der Waals surface area (Å²) in [5.41, 5.74) is 2.83. The second-order valence-corrected chi connectivity index (χ2v) is 5.28. The van der Waals surface area contributed by atoms with Crippen LogP contribution in [0, 0.1) is 5.92 Å². The summed E-state index contributed by atoms with van der Waals surface area (Å²) in [5, 5.41) is 3.64. The zero-order chi connectivity index (χ0) is 12.7. The number of aromatic nitrogens is 2. The van der Waals surface area contributed by atoms with E-state index in [1.54, 1.807) is 0 Å². The first-order chi connectivity index (χ1) is 8.67. The lowest BCUT2D eigenvalue weighted by atomic mass is 10.1. The van der Waals surface area contributed by atoms with Gasteiger partial charge in [0.05, 0.1) is 11.0 Å². The van der Waals surface area contributed by atoms with Gasteiger partial charge < -0.3 is 15.3 Å². The molecule has 1 aliphatic rings. The first-order valence-electron chi connectivity index (χ1n) is 6.65. The smallest absolute Gasteiger partial charge is 0.307 e. The molecule has 0 radical (unpaired) electrons. The van der Waals surface area contributed by atoms with Crippen LogP contribution in [0.2, 0.25) is 0 Å². The Morgan fingerprint density at radius 1 is 1.39 bits per heavy atom. The molecular weight excluding hydrogens is 226 g/mol. The van der Waals surface area contributed by atoms with E-state index in [0.29, 0.717) is 12.1 Å². The lowest BCUT2D eigenvalue weighted by Gasteiger charge is -2.14. The Labute approximate surface area is 106 Å². The summed E-state index contributed by atoms with van der Waals surface area (Å²) in [5.74, 6) is 0.850. The van der Waals surface area contributed by atoms with Gasteiger partial charge in [0.25, 0.3) is 0 Å². The largest absolute Gasteiger partial charge is 0.323 e. The van der Waals surface area contributed by atoms with E-state index >= 15 is 0 Å². The van der Waals surface area contributed by atoms with E-state index in [1.165, 1.54) is 18.4 Å². The second-order valence-electron chi connectivity index (χ2n) is 5.28. The van der Waals surface area contributed by atoms with Crippen molar-refractivity contribution in [3.63, 3.8) is 0 Å². The third-order valence-corrected chi connectivity index (χ3v) is 3.95. The van der Waals surface area contributed by atoms with Crippen molar-refractivity contribution in [2.45, 2.75) is 38.8 Å². The average Bonchev–Trinajstić information content (AvgIpc) is 2.98. The maximum atomic E-state index is 11.2. The Kier molecular flexibility index (Phi) is 2.74. The summed E-state index contributed by atoms with van der Waals surface area (Å²) in [6, 6.07) is 7.09. The van der Waals surface area contributed by atoms with Crippen molar-refractivity contribution in [2.24, 2.45) is 5.92 Å². The second kappa shape index (κ2) is 4.28. The van der Waals surface area contributed by atoms with Crippen LogP contribution in [0.3, 0.4) is 0 Å². The van der Waals surface area contributed by atoms with Crippen molar-refractivity contribution in [1.82, 2.24) is 15.3 Å². The highest BCUT2D eigenvalue weighted by atomic mass is 16.1. The number of rotatable bonds is 4. The van der Waals surface area contributed by atoms with Crippen LogP contribution in [0.1, 0.15) is 38.3 Å². The van der Waals surface area contributed by atoms with Gasteiger partial charge >= 0.3 is 5.69 Å². The topological polar surface area (TPSA) is 60.7 Å². The molecule has 2 aromatic rings. The molecular formula is C14H19N3O. The number of benzene rings is 1. The minimum Gasteiger partial charge on any atom is -0.307 e. The minimum absolute atomic E-state index is 0.143. The molecule has 3 N–H and O–H groups in total. The van der Waals surface area contributed by atoms with Crippen molar-refractivity contribution in [3.8, 4) is 0 Å². The van der Waals surface area contributed by atoms with Crippen molar-refractivity contribution in [3.05, 3.63) is 34.2 Å². The summed E-state index contributed by atoms with van der Waals surface area (Å²) >= 11 is 0. The number of hydrogen-bond donors (Lipinski definition) is 3. The van der Waals surface area contributed by atoms with Crippen molar-refractivity contribution >= 4 is 11.0 Å². The van der Waals surface area contributed by atoms with Gasteiger partial charge in [-0.05, 0) is 37.0 Å². The molecule has 1 saturated carbocycles. The maximum Gasteiger partial charge on any atom is 0.323 e. The molecule has 1 aliphatic carbocycles. The van der Waals surface area contributed by atoms with E-state index in [0.717, 1.165) is 17.0 Å². The molecule has 0 bridgehead atoms. The van der Waals surface area contributed by atoms with Gasteiger partial charge in [0.2, 0.25) is 0 Å². The first kappa shape index (κ1) is 11.5. The predicted octanol–water partition coefficient (Wildman–Crippen LogP) is 2.31. The highest BCUT2D eigenvalue weighted by Gasteiger charge is 2.35. The van der Waals surface area contributed by atoms with E-state index < -0.39 is 0 Å². The van der Waals surface area contributed by atoms with E-state index in [-0.39, 0.29) is 5.69 Å². The molecule has 1 heterocycles. The number of aromatic amines is 2. The molecule has 18 heavy (non-hydrogen) atoms. The van der Waals surface area contributed by atoms with E-state index in [4.69, 9.17) is 0 Å². The van der Waals surface area contributed by atoms with Gasteiger partial charge in [0.15, 0.2) is 0 Å². The monoisotopic (exact) mass is 245 g/mol. The van der Waals surface area contributed by atoms with Gasteiger partial charge in [-0.3, -0.25) is 0 Å². The van der Waals surface area contributed by atoms with Crippen molar-refractivity contribution < 1.29 is 0 Å². The lowest BCUT2D eigenvalue weighted by molar-refractivity contribution is 0.539. The normalized spacial score (nSPS) is 24.3. The molecule has 4 heteroatoms. The Morgan fingerprint density at radius 3 is 2.89 bits per heavy atom. The Balaban J connectivity index is 1.78. The van der Waals surface area contributed by atoms with Gasteiger partial charge in [0.1, 0.15) is 0 Å². The zero-order valence-electron chi connectivity index (χ0n) is 10.8. The highest BCUT2D eigenvalue weighted by molar-refractivity contribution is 5.75. The summed E-state index contributed by atoms with van der Waals surface area (Å²) in [6.07, 6.45) is 2.55. The summed E-state index contributed by atoms with van der Waals surface area (Å²) in [4.78, 5) is 16.8. The van der Waals surface area contributed by atoms with Crippen LogP contribution in [0.15, 0.2) is 23.0 Å². The number of imidazole rings is 1. The number of nitrogens with one attached hydrogen (secondary N) is 3. The maximum absolute atomic E-state index is 11.2. The van der Waals surface area contributed by atoms with E-state index in [9.17, 15) is 4.79 Å². The van der Waals surface area contributed by atoms with Crippen LogP contribution in [0.25, 0.3) is 11.0 Å². The number of fused-ring (bicyclic) bond motifs is 1. The summed E-state index contributed by atoms with van der Waals surface area (Å²) in [6.45, 7) is 4.42. The first-order valence-corrected chi connectivity index (χ1v) is 6.65. The van der Waals surface area contributed by atoms with Crippen LogP contribution in [0.4, 0.5) is 0 Å². The Hall–Kier alpha value is -1.55. The Morgan fingerprint density at radius 2 is 2.17 bits per heavy atom. The van der Waals surface area contributed by atoms with Crippen molar-refractivity contribution in [2.75, 3.05) is 0 Å². The van der Waals surface area contributed by atoms with Gasteiger partial charge in [-0.2, -0.15) is 0 Å². The SMILES string of the molecule is CCC1CC1NC(C)c1ccc2[nH]c(=O)[nH]c2c1. The molecule has 3 unspecified atom stereocenters. The summed E-state index contributed by atoms with van der Waals surface area (Å²) in [7, 11) is 0. The third kappa shape index (κ3) is 2.08. The van der Waals surface area contributed by atoms with Gasteiger partial charge in [0, 0.05) is 12.1 Å². The lowest BCUT2D eigenvalue weighted by Crippen LogP contribution is -2.22. The van der Waals surface area contributed by atoms with Crippen LogP contribution in [-0.4, -0.2) is 16.0 Å². The van der Waals surface area contributed by atoms with E-state index in [1.807, 2.05) is 12.1 Å². The van der Waals surface area contributed by atoms with Crippen LogP contribution in [-0.2, 0) is 0 Å². The quantitative estimate of drug-likeness (QED) is 0.774. The van der Waals surface area contributed by atoms with Crippen LogP contribution < -0.4 is 11.0 Å². The molecule has 3 atom stereocenters. The zero-order valence-corrected chi connectivity index (χ0v) is 10.8. The highest BCUT2D eigenvalue weighted by Crippen LogP contribution is 2.35. The molecule has 1 aromatic carbocycles. The molecule has 3 rings (SSSR count). The number of hydrogen-bond acceptors (Lipinski definition) is 2. The molecule has 96 valence electrons. The van der Waals surface area contributed by atoms with Gasteiger partial charge in [-0.1, -0.05) is 19.4 Å². The van der Waals surface area contributed by atoms with Crippen molar-refractivity contribution in [1.29, 1.82) is 0 Å². The molecule has 1 aromatic heterocycles. The molecule has 0 spiro atoms. The van der Waals surface area contributed by atoms with Gasteiger partial charge in [-0.25, -0.2) is 4.79 Å². The fourth-order valence-electron chi connectivity index (χ4n) is 2.64.